The van der Waals surface area contributed by atoms with Gasteiger partial charge in [0.2, 0.25) is 0 Å². The number of aromatic nitrogens is 4. The van der Waals surface area contributed by atoms with Gasteiger partial charge in [-0.3, -0.25) is 0 Å². The molecule has 0 amide bonds. The quantitative estimate of drug-likeness (QED) is 0.744. The molecule has 0 aliphatic carbocycles. The lowest BCUT2D eigenvalue weighted by Gasteiger charge is -2.05. The molecule has 0 fully saturated rings. The van der Waals surface area contributed by atoms with Crippen LogP contribution in [0, 0.1) is 0 Å². The van der Waals surface area contributed by atoms with Crippen LogP contribution in [0.3, 0.4) is 0 Å². The maximum Gasteiger partial charge on any atom is 0.345 e. The second-order valence-electron chi connectivity index (χ2n) is 3.77. The minimum atomic E-state index is 0.323. The third kappa shape index (κ3) is 2.63. The average molecular weight is 317 g/mol. The van der Waals surface area contributed by atoms with Crippen molar-refractivity contribution in [3.63, 3.8) is 0 Å². The van der Waals surface area contributed by atoms with Gasteiger partial charge in [0.15, 0.2) is 0 Å². The molecule has 0 unspecified atom stereocenters. The molecular weight excluding hydrogens is 308 g/mol. The van der Waals surface area contributed by atoms with E-state index in [9.17, 15) is 0 Å². The van der Waals surface area contributed by atoms with Crippen molar-refractivity contribution < 1.29 is 4.74 Å². The van der Waals surface area contributed by atoms with Crippen molar-refractivity contribution in [3.8, 4) is 17.4 Å². The Bertz CT molecular complexity index is 684. The Morgan fingerprint density at radius 3 is 2.63 bits per heavy atom. The number of tetrazole rings is 1. The molecule has 0 saturated heterocycles. The van der Waals surface area contributed by atoms with Gasteiger partial charge in [-0.25, -0.2) is 0 Å². The van der Waals surface area contributed by atoms with E-state index in [0.717, 1.165) is 10.2 Å². The molecule has 1 aromatic heterocycles. The zero-order chi connectivity index (χ0) is 13.1. The Morgan fingerprint density at radius 2 is 1.84 bits per heavy atom. The maximum absolute atomic E-state index is 5.68. The Balaban J connectivity index is 1.93. The summed E-state index contributed by atoms with van der Waals surface area (Å²) in [5.41, 5.74) is 0.845. The first-order chi connectivity index (χ1) is 9.33. The molecular formula is C13H9BrN4O. The van der Waals surface area contributed by atoms with E-state index in [-0.39, 0.29) is 0 Å². The van der Waals surface area contributed by atoms with Crippen LogP contribution in [-0.2, 0) is 0 Å². The second-order valence-corrected chi connectivity index (χ2v) is 4.68. The second kappa shape index (κ2) is 5.19. The first-order valence-electron chi connectivity index (χ1n) is 5.60. The molecule has 6 heteroatoms. The zero-order valence-electron chi connectivity index (χ0n) is 9.77. The number of rotatable bonds is 3. The fraction of sp³-hybridized carbons (Fsp3) is 0. The average Bonchev–Trinajstić information content (AvgIpc) is 2.88. The zero-order valence-corrected chi connectivity index (χ0v) is 11.4. The summed E-state index contributed by atoms with van der Waals surface area (Å²) in [6.45, 7) is 0. The number of ether oxygens (including phenoxy) is 1. The van der Waals surface area contributed by atoms with Crippen LogP contribution in [0.15, 0.2) is 59.1 Å². The molecule has 3 aromatic rings. The van der Waals surface area contributed by atoms with Crippen molar-refractivity contribution in [2.24, 2.45) is 0 Å². The number of nitrogens with zero attached hydrogens (tertiary/aromatic N) is 4. The minimum absolute atomic E-state index is 0.323. The highest BCUT2D eigenvalue weighted by atomic mass is 79.9. The molecule has 0 bridgehead atoms. The lowest BCUT2D eigenvalue weighted by atomic mass is 10.3. The van der Waals surface area contributed by atoms with Crippen molar-refractivity contribution >= 4 is 15.9 Å². The van der Waals surface area contributed by atoms with Crippen LogP contribution in [0.1, 0.15) is 0 Å². The molecule has 94 valence electrons. The van der Waals surface area contributed by atoms with Crippen molar-refractivity contribution in [1.29, 1.82) is 0 Å². The van der Waals surface area contributed by atoms with E-state index in [0.29, 0.717) is 11.8 Å². The summed E-state index contributed by atoms with van der Waals surface area (Å²) in [5, 5.41) is 11.4. The van der Waals surface area contributed by atoms with Gasteiger partial charge >= 0.3 is 6.01 Å². The molecule has 0 aliphatic rings. The number of hydrogen-bond donors (Lipinski definition) is 0. The Labute approximate surface area is 118 Å². The van der Waals surface area contributed by atoms with Gasteiger partial charge in [-0.05, 0) is 40.8 Å². The largest absolute Gasteiger partial charge is 0.423 e. The van der Waals surface area contributed by atoms with Crippen molar-refractivity contribution in [2.75, 3.05) is 0 Å². The highest BCUT2D eigenvalue weighted by Gasteiger charge is 2.10. The van der Waals surface area contributed by atoms with Crippen LogP contribution in [0.4, 0.5) is 0 Å². The first kappa shape index (κ1) is 11.9. The van der Waals surface area contributed by atoms with Gasteiger partial charge in [-0.2, -0.15) is 4.68 Å². The highest BCUT2D eigenvalue weighted by molar-refractivity contribution is 9.10. The Kier molecular flexibility index (Phi) is 3.24. The molecule has 0 radical (unpaired) electrons. The van der Waals surface area contributed by atoms with Gasteiger partial charge in [-0.1, -0.05) is 45.3 Å². The Morgan fingerprint density at radius 1 is 1.00 bits per heavy atom. The van der Waals surface area contributed by atoms with E-state index >= 15 is 0 Å². The maximum atomic E-state index is 5.68. The van der Waals surface area contributed by atoms with Crippen molar-refractivity contribution in [1.82, 2.24) is 20.2 Å². The molecule has 0 saturated carbocycles. The van der Waals surface area contributed by atoms with Gasteiger partial charge in [0, 0.05) is 4.47 Å². The summed E-state index contributed by atoms with van der Waals surface area (Å²) in [4.78, 5) is 0. The summed E-state index contributed by atoms with van der Waals surface area (Å²) >= 11 is 3.39. The highest BCUT2D eigenvalue weighted by Crippen LogP contribution is 2.23. The normalized spacial score (nSPS) is 10.4. The number of benzene rings is 2. The first-order valence-corrected chi connectivity index (χ1v) is 6.39. The number of halogens is 1. The van der Waals surface area contributed by atoms with Crippen molar-refractivity contribution in [2.45, 2.75) is 0 Å². The van der Waals surface area contributed by atoms with E-state index in [2.05, 4.69) is 31.5 Å². The number of hydrogen-bond acceptors (Lipinski definition) is 4. The van der Waals surface area contributed by atoms with Crippen LogP contribution in [0.2, 0.25) is 0 Å². The topological polar surface area (TPSA) is 52.8 Å². The lowest BCUT2D eigenvalue weighted by molar-refractivity contribution is 0.427. The molecule has 1 heterocycles. The SMILES string of the molecule is Brc1cccc(Oc2nnnn2-c2ccccc2)c1. The lowest BCUT2D eigenvalue weighted by Crippen LogP contribution is -1.99. The third-order valence-electron chi connectivity index (χ3n) is 2.45. The predicted molar refractivity (Wildman–Crippen MR) is 73.4 cm³/mol. The van der Waals surface area contributed by atoms with Crippen LogP contribution < -0.4 is 4.74 Å². The molecule has 5 nitrogen and oxygen atoms in total. The van der Waals surface area contributed by atoms with Crippen LogP contribution in [-0.4, -0.2) is 20.2 Å². The van der Waals surface area contributed by atoms with E-state index < -0.39 is 0 Å². The molecule has 3 rings (SSSR count). The third-order valence-corrected chi connectivity index (χ3v) is 2.94. The Hall–Kier alpha value is -2.21. The minimum Gasteiger partial charge on any atom is -0.423 e. The van der Waals surface area contributed by atoms with Gasteiger partial charge in [0.1, 0.15) is 5.75 Å². The van der Waals surface area contributed by atoms with Gasteiger partial charge < -0.3 is 4.74 Å². The predicted octanol–water partition coefficient (Wildman–Crippen LogP) is 3.22. The van der Waals surface area contributed by atoms with Crippen LogP contribution in [0.5, 0.6) is 11.8 Å². The summed E-state index contributed by atoms with van der Waals surface area (Å²) < 4.78 is 8.16. The summed E-state index contributed by atoms with van der Waals surface area (Å²) in [7, 11) is 0. The monoisotopic (exact) mass is 316 g/mol. The smallest absolute Gasteiger partial charge is 0.345 e. The molecule has 0 spiro atoms. The van der Waals surface area contributed by atoms with E-state index in [4.69, 9.17) is 4.74 Å². The number of para-hydroxylation sites is 1. The summed E-state index contributed by atoms with van der Waals surface area (Å²) in [6.07, 6.45) is 0. The van der Waals surface area contributed by atoms with Gasteiger partial charge in [0.05, 0.1) is 5.69 Å². The van der Waals surface area contributed by atoms with Gasteiger partial charge in [0.25, 0.3) is 0 Å². The fourth-order valence-corrected chi connectivity index (χ4v) is 1.99. The fourth-order valence-electron chi connectivity index (χ4n) is 1.61. The molecule has 0 N–H and O–H groups in total. The van der Waals surface area contributed by atoms with E-state index in [1.165, 1.54) is 0 Å². The summed E-state index contributed by atoms with van der Waals surface area (Å²) in [5.74, 6) is 0.668. The molecule has 0 atom stereocenters. The van der Waals surface area contributed by atoms with E-state index in [1.807, 2.05) is 54.6 Å². The summed E-state index contributed by atoms with van der Waals surface area (Å²) in [6, 6.07) is 17.4. The van der Waals surface area contributed by atoms with Crippen LogP contribution >= 0.6 is 15.9 Å². The molecule has 19 heavy (non-hydrogen) atoms. The van der Waals surface area contributed by atoms with Crippen LogP contribution in [0.25, 0.3) is 5.69 Å². The van der Waals surface area contributed by atoms with Gasteiger partial charge in [-0.15, -0.1) is 0 Å². The standard InChI is InChI=1S/C13H9BrN4O/c14-10-5-4-8-12(9-10)19-13-15-16-17-18(13)11-6-2-1-3-7-11/h1-9H. The van der Waals surface area contributed by atoms with Crippen molar-refractivity contribution in [3.05, 3.63) is 59.1 Å². The molecule has 2 aromatic carbocycles. The van der Waals surface area contributed by atoms with E-state index in [1.54, 1.807) is 4.68 Å². The molecule has 0 aliphatic heterocycles.